The molecule has 0 bridgehead atoms. The van der Waals surface area contributed by atoms with E-state index in [2.05, 4.69) is 27.4 Å². The summed E-state index contributed by atoms with van der Waals surface area (Å²) in [5.74, 6) is 0.761. The molecule has 2 heterocycles. The molecule has 2 aromatic carbocycles. The van der Waals surface area contributed by atoms with Gasteiger partial charge in [-0.05, 0) is 36.8 Å². The summed E-state index contributed by atoms with van der Waals surface area (Å²) >= 11 is 1.54. The van der Waals surface area contributed by atoms with Crippen LogP contribution in [0.3, 0.4) is 0 Å². The van der Waals surface area contributed by atoms with E-state index >= 15 is 0 Å². The van der Waals surface area contributed by atoms with Gasteiger partial charge in [-0.2, -0.15) is 4.98 Å². The maximum absolute atomic E-state index is 10.7. The third kappa shape index (κ3) is 4.46. The molecular formula is C21H20N4O4S. The average molecular weight is 424 g/mol. The lowest BCUT2D eigenvalue weighted by Crippen LogP contribution is -2.17. The van der Waals surface area contributed by atoms with Crippen LogP contribution in [-0.2, 0) is 4.79 Å². The Morgan fingerprint density at radius 2 is 2.00 bits per heavy atom. The second kappa shape index (κ2) is 9.00. The van der Waals surface area contributed by atoms with Crippen molar-refractivity contribution in [2.24, 2.45) is 0 Å². The molecule has 0 aliphatic carbocycles. The quantitative estimate of drug-likeness (QED) is 0.544. The van der Waals surface area contributed by atoms with Crippen LogP contribution in [-0.4, -0.2) is 38.6 Å². The van der Waals surface area contributed by atoms with Gasteiger partial charge >= 0.3 is 5.97 Å². The maximum atomic E-state index is 10.7. The average Bonchev–Trinajstić information content (AvgIpc) is 2.93. The number of carboxylic acid groups (broad SMARTS) is 1. The van der Waals surface area contributed by atoms with Crippen molar-refractivity contribution < 1.29 is 19.4 Å². The van der Waals surface area contributed by atoms with Crippen LogP contribution in [0.2, 0.25) is 0 Å². The highest BCUT2D eigenvalue weighted by Crippen LogP contribution is 2.39. The topological polar surface area (TPSA) is 106 Å². The number of ether oxygens (including phenoxy) is 2. The minimum atomic E-state index is -1.02. The first-order chi connectivity index (χ1) is 14.6. The molecule has 8 nitrogen and oxygen atoms in total. The van der Waals surface area contributed by atoms with E-state index in [9.17, 15) is 4.79 Å². The zero-order valence-electron chi connectivity index (χ0n) is 16.2. The van der Waals surface area contributed by atoms with Gasteiger partial charge in [-0.15, -0.1) is 10.2 Å². The Kier molecular flexibility index (Phi) is 5.99. The fraction of sp³-hybridized carbons (Fsp3) is 0.238. The largest absolute Gasteiger partial charge is 0.482 e. The summed E-state index contributed by atoms with van der Waals surface area (Å²) in [6.45, 7) is 1.71. The van der Waals surface area contributed by atoms with Gasteiger partial charge in [0, 0.05) is 22.6 Å². The molecule has 0 saturated carbocycles. The van der Waals surface area contributed by atoms with Crippen LogP contribution in [0.25, 0.3) is 11.3 Å². The molecule has 4 rings (SSSR count). The summed E-state index contributed by atoms with van der Waals surface area (Å²) in [5.41, 5.74) is 3.14. The Hall–Kier alpha value is -3.33. The molecule has 0 fully saturated rings. The molecule has 1 atom stereocenters. The number of anilines is 1. The number of benzene rings is 2. The Morgan fingerprint density at radius 3 is 2.77 bits per heavy atom. The molecule has 1 aliphatic heterocycles. The van der Waals surface area contributed by atoms with Crippen molar-refractivity contribution >= 4 is 23.4 Å². The number of hydrogen-bond donors (Lipinski definition) is 2. The summed E-state index contributed by atoms with van der Waals surface area (Å²) in [7, 11) is 0. The first kappa shape index (κ1) is 20.0. The highest BCUT2D eigenvalue weighted by molar-refractivity contribution is 7.99. The molecule has 0 radical (unpaired) electrons. The first-order valence-electron chi connectivity index (χ1n) is 9.48. The molecule has 1 unspecified atom stereocenters. The van der Waals surface area contributed by atoms with Gasteiger partial charge in [-0.1, -0.05) is 36.9 Å². The van der Waals surface area contributed by atoms with Gasteiger partial charge in [0.15, 0.2) is 18.5 Å². The van der Waals surface area contributed by atoms with Crippen molar-refractivity contribution in [3.63, 3.8) is 0 Å². The normalized spacial score (nSPS) is 14.5. The van der Waals surface area contributed by atoms with E-state index in [4.69, 9.17) is 14.6 Å². The summed E-state index contributed by atoms with van der Waals surface area (Å²) in [5, 5.41) is 21.3. The summed E-state index contributed by atoms with van der Waals surface area (Å²) in [4.78, 5) is 15.3. The van der Waals surface area contributed by atoms with Crippen molar-refractivity contribution in [2.45, 2.75) is 24.7 Å². The predicted molar refractivity (Wildman–Crippen MR) is 113 cm³/mol. The number of nitrogens with zero attached hydrogens (tertiary/aromatic N) is 3. The number of carboxylic acids is 1. The maximum Gasteiger partial charge on any atom is 0.341 e. The minimum Gasteiger partial charge on any atom is -0.482 e. The number of fused-ring (bicyclic) bond motifs is 3. The molecule has 9 heteroatoms. The molecule has 0 spiro atoms. The van der Waals surface area contributed by atoms with Crippen molar-refractivity contribution in [2.75, 3.05) is 17.7 Å². The highest BCUT2D eigenvalue weighted by Gasteiger charge is 2.26. The Labute approximate surface area is 177 Å². The van der Waals surface area contributed by atoms with E-state index < -0.39 is 12.2 Å². The van der Waals surface area contributed by atoms with Crippen LogP contribution in [0.1, 0.15) is 25.1 Å². The van der Waals surface area contributed by atoms with E-state index in [1.807, 2.05) is 36.4 Å². The number of hydrogen-bond acceptors (Lipinski definition) is 8. The van der Waals surface area contributed by atoms with E-state index in [1.54, 1.807) is 12.1 Å². The van der Waals surface area contributed by atoms with Crippen molar-refractivity contribution in [3.05, 3.63) is 54.1 Å². The summed E-state index contributed by atoms with van der Waals surface area (Å²) in [6.07, 6.45) is 0.497. The SMILES string of the molecule is CCCSc1nnc2c(n1)OC(c1ccc(OCC(=O)O)cc1)Nc1ccccc1-2. The van der Waals surface area contributed by atoms with E-state index in [0.717, 1.165) is 29.0 Å². The van der Waals surface area contributed by atoms with Gasteiger partial charge in [0.2, 0.25) is 11.0 Å². The third-order valence-electron chi connectivity index (χ3n) is 4.31. The Balaban J connectivity index is 1.65. The summed E-state index contributed by atoms with van der Waals surface area (Å²) < 4.78 is 11.4. The van der Waals surface area contributed by atoms with Crippen LogP contribution < -0.4 is 14.8 Å². The van der Waals surface area contributed by atoms with Crippen LogP contribution in [0.15, 0.2) is 53.7 Å². The molecule has 1 aromatic heterocycles. The lowest BCUT2D eigenvalue weighted by atomic mass is 10.1. The molecule has 154 valence electrons. The number of thioether (sulfide) groups is 1. The number of carbonyl (C=O) groups is 1. The number of nitrogens with one attached hydrogen (secondary N) is 1. The number of aromatic nitrogens is 3. The van der Waals surface area contributed by atoms with Gasteiger partial charge in [0.1, 0.15) is 5.75 Å². The fourth-order valence-corrected chi connectivity index (χ4v) is 3.57. The van der Waals surface area contributed by atoms with Gasteiger partial charge in [0.25, 0.3) is 0 Å². The lowest BCUT2D eigenvalue weighted by Gasteiger charge is -2.19. The zero-order valence-corrected chi connectivity index (χ0v) is 17.1. The fourth-order valence-electron chi connectivity index (χ4n) is 2.94. The van der Waals surface area contributed by atoms with Crippen molar-refractivity contribution in [1.82, 2.24) is 15.2 Å². The molecule has 3 aromatic rings. The number of rotatable bonds is 7. The molecule has 2 N–H and O–H groups in total. The van der Waals surface area contributed by atoms with Gasteiger partial charge in [-0.3, -0.25) is 0 Å². The second-order valence-electron chi connectivity index (χ2n) is 6.54. The monoisotopic (exact) mass is 424 g/mol. The van der Waals surface area contributed by atoms with Crippen LogP contribution in [0, 0.1) is 0 Å². The van der Waals surface area contributed by atoms with Crippen LogP contribution in [0.4, 0.5) is 5.69 Å². The molecule has 0 saturated heterocycles. The van der Waals surface area contributed by atoms with Crippen molar-refractivity contribution in [3.8, 4) is 22.9 Å². The van der Waals surface area contributed by atoms with E-state index in [0.29, 0.717) is 22.5 Å². The predicted octanol–water partition coefficient (Wildman–Crippen LogP) is 4.01. The smallest absolute Gasteiger partial charge is 0.341 e. The molecule has 1 aliphatic rings. The number of para-hydroxylation sites is 1. The first-order valence-corrected chi connectivity index (χ1v) is 10.5. The summed E-state index contributed by atoms with van der Waals surface area (Å²) in [6, 6.07) is 14.8. The molecule has 0 amide bonds. The Bertz CT molecular complexity index is 1050. The Morgan fingerprint density at radius 1 is 1.20 bits per heavy atom. The lowest BCUT2D eigenvalue weighted by molar-refractivity contribution is -0.139. The van der Waals surface area contributed by atoms with Crippen LogP contribution in [0.5, 0.6) is 11.6 Å². The second-order valence-corrected chi connectivity index (χ2v) is 7.60. The number of aliphatic carboxylic acids is 1. The van der Waals surface area contributed by atoms with Gasteiger partial charge in [0.05, 0.1) is 0 Å². The standard InChI is InChI=1S/C21H20N4O4S/c1-2-11-30-21-23-20-18(24-25-21)15-5-3-4-6-16(15)22-19(29-20)13-7-9-14(10-8-13)28-12-17(26)27/h3-10,19,22H,2,11-12H2,1H3,(H,26,27). The minimum absolute atomic E-state index is 0.390. The molecular weight excluding hydrogens is 404 g/mol. The van der Waals surface area contributed by atoms with Gasteiger partial charge < -0.3 is 19.9 Å². The van der Waals surface area contributed by atoms with E-state index in [1.165, 1.54) is 11.8 Å². The zero-order chi connectivity index (χ0) is 20.9. The van der Waals surface area contributed by atoms with Gasteiger partial charge in [-0.25, -0.2) is 4.79 Å². The van der Waals surface area contributed by atoms with E-state index in [-0.39, 0.29) is 6.61 Å². The highest BCUT2D eigenvalue weighted by atomic mass is 32.2. The third-order valence-corrected chi connectivity index (χ3v) is 5.36. The molecule has 30 heavy (non-hydrogen) atoms. The van der Waals surface area contributed by atoms with Crippen molar-refractivity contribution in [1.29, 1.82) is 0 Å². The van der Waals surface area contributed by atoms with Crippen LogP contribution >= 0.6 is 11.8 Å².